The minimum atomic E-state index is -0.188. The van der Waals surface area contributed by atoms with Crippen LogP contribution >= 0.6 is 23.1 Å². The summed E-state index contributed by atoms with van der Waals surface area (Å²) in [7, 11) is 0. The van der Waals surface area contributed by atoms with Gasteiger partial charge < -0.3 is 10.1 Å². The molecular formula is C11H19N3O2S2. The summed E-state index contributed by atoms with van der Waals surface area (Å²) in [5.41, 5.74) is 0. The minimum absolute atomic E-state index is 0.188. The van der Waals surface area contributed by atoms with Crippen LogP contribution in [0.5, 0.6) is 0 Å². The Morgan fingerprint density at radius 1 is 1.39 bits per heavy atom. The fourth-order valence-corrected chi connectivity index (χ4v) is 2.64. The van der Waals surface area contributed by atoms with Crippen molar-refractivity contribution in [3.63, 3.8) is 0 Å². The molecule has 1 N–H and O–H groups in total. The monoisotopic (exact) mass is 289 g/mol. The maximum Gasteiger partial charge on any atom is 0.316 e. The molecule has 1 rings (SSSR count). The first-order valence-electron chi connectivity index (χ1n) is 6.12. The van der Waals surface area contributed by atoms with Crippen molar-refractivity contribution >= 4 is 34.2 Å². The number of nitrogens with one attached hydrogen (secondary N) is 1. The van der Waals surface area contributed by atoms with Gasteiger partial charge >= 0.3 is 5.97 Å². The molecule has 1 heterocycles. The third-order valence-corrected chi connectivity index (χ3v) is 3.99. The van der Waals surface area contributed by atoms with E-state index in [1.165, 1.54) is 23.1 Å². The van der Waals surface area contributed by atoms with Crippen molar-refractivity contribution in [2.24, 2.45) is 0 Å². The average molecular weight is 289 g/mol. The zero-order valence-electron chi connectivity index (χ0n) is 10.8. The lowest BCUT2D eigenvalue weighted by atomic mass is 10.4. The number of unbranched alkanes of at least 4 members (excludes halogenated alkanes) is 1. The third kappa shape index (κ3) is 6.20. The number of hydrogen-bond acceptors (Lipinski definition) is 7. The van der Waals surface area contributed by atoms with Gasteiger partial charge in [-0.1, -0.05) is 43.4 Å². The number of anilines is 1. The van der Waals surface area contributed by atoms with Crippen LogP contribution in [0, 0.1) is 0 Å². The van der Waals surface area contributed by atoms with Gasteiger partial charge in [-0.05, 0) is 12.8 Å². The van der Waals surface area contributed by atoms with Gasteiger partial charge in [0.1, 0.15) is 0 Å². The van der Waals surface area contributed by atoms with Crippen LogP contribution in [0.4, 0.5) is 5.13 Å². The van der Waals surface area contributed by atoms with E-state index in [9.17, 15) is 4.79 Å². The predicted molar refractivity (Wildman–Crippen MR) is 75.3 cm³/mol. The predicted octanol–water partition coefficient (Wildman–Crippen LogP) is 2.80. The van der Waals surface area contributed by atoms with Gasteiger partial charge in [0.2, 0.25) is 5.13 Å². The number of hydrogen-bond donors (Lipinski definition) is 1. The molecule has 0 aromatic carbocycles. The van der Waals surface area contributed by atoms with Gasteiger partial charge in [0, 0.05) is 6.54 Å². The lowest BCUT2D eigenvalue weighted by Gasteiger charge is -2.01. The molecule has 0 unspecified atom stereocenters. The molecule has 0 saturated carbocycles. The Labute approximate surface area is 116 Å². The fourth-order valence-electron chi connectivity index (χ4n) is 1.06. The Morgan fingerprint density at radius 3 is 2.94 bits per heavy atom. The summed E-state index contributed by atoms with van der Waals surface area (Å²) in [6.07, 6.45) is 3.00. The fraction of sp³-hybridized carbons (Fsp3) is 0.727. The molecule has 0 bridgehead atoms. The van der Waals surface area contributed by atoms with Crippen LogP contribution in [0.15, 0.2) is 4.34 Å². The van der Waals surface area contributed by atoms with Crippen molar-refractivity contribution in [1.82, 2.24) is 10.2 Å². The maximum atomic E-state index is 11.4. The summed E-state index contributed by atoms with van der Waals surface area (Å²) in [4.78, 5) is 11.4. The highest BCUT2D eigenvalue weighted by molar-refractivity contribution is 8.01. The number of esters is 1. The van der Waals surface area contributed by atoms with Gasteiger partial charge in [-0.3, -0.25) is 4.79 Å². The van der Waals surface area contributed by atoms with Crippen LogP contribution < -0.4 is 5.32 Å². The van der Waals surface area contributed by atoms with E-state index >= 15 is 0 Å². The number of thioether (sulfide) groups is 1. The second-order valence-corrected chi connectivity index (χ2v) is 5.86. The van der Waals surface area contributed by atoms with Crippen LogP contribution in [0.2, 0.25) is 0 Å². The number of aromatic nitrogens is 2. The Hall–Kier alpha value is -0.820. The van der Waals surface area contributed by atoms with Gasteiger partial charge in [0.05, 0.1) is 12.4 Å². The van der Waals surface area contributed by atoms with Gasteiger partial charge in [0.15, 0.2) is 4.34 Å². The van der Waals surface area contributed by atoms with E-state index in [1.807, 2.05) is 0 Å². The second-order valence-electron chi connectivity index (χ2n) is 3.66. The van der Waals surface area contributed by atoms with E-state index in [2.05, 4.69) is 29.4 Å². The Morgan fingerprint density at radius 2 is 2.22 bits per heavy atom. The smallest absolute Gasteiger partial charge is 0.316 e. The Kier molecular flexibility index (Phi) is 7.75. The van der Waals surface area contributed by atoms with E-state index in [-0.39, 0.29) is 5.97 Å². The molecule has 1 aromatic rings. The first-order chi connectivity index (χ1) is 8.76. The SMILES string of the molecule is CCCCOC(=O)CSc1nnc(NCCC)s1. The molecule has 0 aliphatic carbocycles. The molecule has 0 fully saturated rings. The molecule has 5 nitrogen and oxygen atoms in total. The van der Waals surface area contributed by atoms with E-state index < -0.39 is 0 Å². The molecular weight excluding hydrogens is 270 g/mol. The average Bonchev–Trinajstić information content (AvgIpc) is 2.82. The van der Waals surface area contributed by atoms with Crippen molar-refractivity contribution in [2.45, 2.75) is 37.4 Å². The first kappa shape index (κ1) is 15.2. The summed E-state index contributed by atoms with van der Waals surface area (Å²) in [6.45, 7) is 5.55. The largest absolute Gasteiger partial charge is 0.465 e. The number of carbonyl (C=O) groups is 1. The van der Waals surface area contributed by atoms with Crippen LogP contribution in [-0.2, 0) is 9.53 Å². The summed E-state index contributed by atoms with van der Waals surface area (Å²) in [6, 6.07) is 0. The van der Waals surface area contributed by atoms with E-state index in [0.29, 0.717) is 12.4 Å². The highest BCUT2D eigenvalue weighted by atomic mass is 32.2. The van der Waals surface area contributed by atoms with Crippen LogP contribution in [0.3, 0.4) is 0 Å². The Balaban J connectivity index is 2.21. The molecule has 0 aliphatic rings. The highest BCUT2D eigenvalue weighted by Crippen LogP contribution is 2.25. The van der Waals surface area contributed by atoms with Crippen molar-refractivity contribution in [2.75, 3.05) is 24.2 Å². The lowest BCUT2D eigenvalue weighted by Crippen LogP contribution is -2.08. The molecule has 0 aliphatic heterocycles. The topological polar surface area (TPSA) is 64.1 Å². The Bertz CT molecular complexity index is 358. The maximum absolute atomic E-state index is 11.4. The third-order valence-electron chi connectivity index (χ3n) is 2.01. The quantitative estimate of drug-likeness (QED) is 0.428. The van der Waals surface area contributed by atoms with Gasteiger partial charge in [-0.2, -0.15) is 0 Å². The molecule has 18 heavy (non-hydrogen) atoms. The van der Waals surface area contributed by atoms with Crippen LogP contribution in [0.25, 0.3) is 0 Å². The van der Waals surface area contributed by atoms with Crippen LogP contribution in [0.1, 0.15) is 33.1 Å². The van der Waals surface area contributed by atoms with Crippen molar-refractivity contribution < 1.29 is 9.53 Å². The van der Waals surface area contributed by atoms with E-state index in [4.69, 9.17) is 4.74 Å². The molecule has 1 aromatic heterocycles. The normalized spacial score (nSPS) is 10.3. The highest BCUT2D eigenvalue weighted by Gasteiger charge is 2.08. The van der Waals surface area contributed by atoms with E-state index in [0.717, 1.165) is 35.3 Å². The van der Waals surface area contributed by atoms with Crippen molar-refractivity contribution in [1.29, 1.82) is 0 Å². The molecule has 0 radical (unpaired) electrons. The number of ether oxygens (including phenoxy) is 1. The van der Waals surface area contributed by atoms with Gasteiger partial charge in [0.25, 0.3) is 0 Å². The van der Waals surface area contributed by atoms with Crippen molar-refractivity contribution in [3.05, 3.63) is 0 Å². The standard InChI is InChI=1S/C11H19N3O2S2/c1-3-5-7-16-9(15)8-17-11-14-13-10(18-11)12-6-4-2/h3-8H2,1-2H3,(H,12,13). The van der Waals surface area contributed by atoms with Gasteiger partial charge in [-0.15, -0.1) is 10.2 Å². The lowest BCUT2D eigenvalue weighted by molar-refractivity contribution is -0.140. The van der Waals surface area contributed by atoms with Crippen molar-refractivity contribution in [3.8, 4) is 0 Å². The zero-order chi connectivity index (χ0) is 13.2. The van der Waals surface area contributed by atoms with E-state index in [1.54, 1.807) is 0 Å². The number of nitrogens with zero attached hydrogens (tertiary/aromatic N) is 2. The summed E-state index contributed by atoms with van der Waals surface area (Å²) in [5, 5.41) is 12.0. The molecule has 0 spiro atoms. The second kappa shape index (κ2) is 9.16. The molecule has 7 heteroatoms. The molecule has 0 saturated heterocycles. The molecule has 102 valence electrons. The summed E-state index contributed by atoms with van der Waals surface area (Å²) >= 11 is 2.84. The summed E-state index contributed by atoms with van der Waals surface area (Å²) in [5.74, 6) is 0.110. The van der Waals surface area contributed by atoms with Gasteiger partial charge in [-0.25, -0.2) is 0 Å². The number of carbonyl (C=O) groups excluding carboxylic acids is 1. The molecule has 0 atom stereocenters. The minimum Gasteiger partial charge on any atom is -0.465 e. The van der Waals surface area contributed by atoms with Crippen LogP contribution in [-0.4, -0.2) is 35.1 Å². The summed E-state index contributed by atoms with van der Waals surface area (Å²) < 4.78 is 5.85. The zero-order valence-corrected chi connectivity index (χ0v) is 12.4. The number of rotatable bonds is 9. The first-order valence-corrected chi connectivity index (χ1v) is 7.92. The molecule has 0 amide bonds.